The van der Waals surface area contributed by atoms with Crippen molar-refractivity contribution < 1.29 is 84.1 Å². The predicted octanol–water partition coefficient (Wildman–Crippen LogP) is 2.70. The molecule has 0 radical (unpaired) electrons. The fraction of sp³-hybridized carbons (Fsp3) is 0.549. The van der Waals surface area contributed by atoms with Gasteiger partial charge < -0.3 is 56.7 Å². The van der Waals surface area contributed by atoms with Gasteiger partial charge in [0.05, 0.1) is 18.2 Å². The van der Waals surface area contributed by atoms with Gasteiger partial charge in [0, 0.05) is 88.2 Å². The maximum Gasteiger partial charge on any atom is 0.407 e. The van der Waals surface area contributed by atoms with Gasteiger partial charge in [-0.15, -0.1) is 0 Å². The van der Waals surface area contributed by atoms with Gasteiger partial charge in [-0.05, 0) is 95.4 Å². The highest BCUT2D eigenvalue weighted by Crippen LogP contribution is 2.49. The minimum absolute atomic E-state index is 0.0347. The summed E-state index contributed by atoms with van der Waals surface area (Å²) < 4.78 is 91.1. The van der Waals surface area contributed by atoms with Crippen LogP contribution in [-0.2, 0) is 60.7 Å². The fourth-order valence-electron chi connectivity index (χ4n) is 10.4. The van der Waals surface area contributed by atoms with Gasteiger partial charge >= 0.3 is 12.1 Å². The Balaban J connectivity index is 0.000000222. The van der Waals surface area contributed by atoms with Crippen molar-refractivity contribution in [2.24, 2.45) is 39.9 Å². The van der Waals surface area contributed by atoms with E-state index in [1.807, 2.05) is 0 Å². The maximum atomic E-state index is 14.4. The van der Waals surface area contributed by atoms with Gasteiger partial charge in [-0.25, -0.2) is 35.9 Å². The van der Waals surface area contributed by atoms with Crippen molar-refractivity contribution in [3.05, 3.63) is 82.6 Å². The molecule has 2 aliphatic carbocycles. The molecule has 20 nitrogen and oxygen atoms in total. The first-order valence-corrected chi connectivity index (χ1v) is 24.9. The Morgan fingerprint density at radius 2 is 1.12 bits per heavy atom. The number of carboxylic acids is 1. The molecule has 77 heavy (non-hydrogen) atoms. The SMILES string of the molecule is CC(C)(C)OC(=O)N[C@@H](CC(=O)N1CC[C@H]2CN(C(=O)C3(C(N)=O)CC3)C[C@H]21)Cc1cc(F)c(F)cc1F.NC(=O)C1(C(=O)N2C[C@@H]3CCN(C(=O)C[C@H](N)Cc4cc(F)c(F)cc4F)[C@@H]3C2)CC1.O=CO/C=C/C(=O)O. The number of carboxylic acid groups (broad SMARTS) is 1. The third-order valence-electron chi connectivity index (χ3n) is 14.6. The lowest BCUT2D eigenvalue weighted by atomic mass is 10.0. The molecule has 4 heterocycles. The molecule has 2 saturated carbocycles. The van der Waals surface area contributed by atoms with Crippen molar-refractivity contribution in [3.63, 3.8) is 0 Å². The van der Waals surface area contributed by atoms with Crippen molar-refractivity contribution in [2.45, 2.75) is 115 Å². The van der Waals surface area contributed by atoms with Crippen LogP contribution < -0.4 is 22.5 Å². The topological polar surface area (TPSA) is 295 Å². The highest BCUT2D eigenvalue weighted by atomic mass is 19.2. The van der Waals surface area contributed by atoms with E-state index in [9.17, 15) is 69.5 Å². The molecule has 8 N–H and O–H groups in total. The predicted molar refractivity (Wildman–Crippen MR) is 256 cm³/mol. The van der Waals surface area contributed by atoms with Crippen LogP contribution in [0.5, 0.6) is 0 Å². The van der Waals surface area contributed by atoms with Crippen molar-refractivity contribution in [1.29, 1.82) is 0 Å². The zero-order valence-electron chi connectivity index (χ0n) is 42.5. The van der Waals surface area contributed by atoms with Gasteiger partial charge in [-0.3, -0.25) is 33.6 Å². The number of nitrogens with zero attached hydrogens (tertiary/aromatic N) is 4. The summed E-state index contributed by atoms with van der Waals surface area (Å²) in [5, 5.41) is 10.4. The summed E-state index contributed by atoms with van der Waals surface area (Å²) in [4.78, 5) is 113. The number of amides is 7. The number of hydrogen-bond acceptors (Lipinski definition) is 12. The molecule has 8 rings (SSSR count). The van der Waals surface area contributed by atoms with E-state index in [1.54, 1.807) is 40.4 Å². The number of alkyl carbamates (subject to hydrolysis) is 1. The Morgan fingerprint density at radius 1 is 0.688 bits per heavy atom. The number of aliphatic carboxylic acids is 1. The van der Waals surface area contributed by atoms with Crippen molar-refractivity contribution >= 4 is 54.0 Å². The van der Waals surface area contributed by atoms with E-state index in [0.29, 0.717) is 89.1 Å². The smallest absolute Gasteiger partial charge is 0.407 e. The second-order valence-corrected chi connectivity index (χ2v) is 21.2. The molecule has 2 aromatic rings. The van der Waals surface area contributed by atoms with Crippen molar-refractivity contribution in [3.8, 4) is 0 Å². The van der Waals surface area contributed by atoms with Crippen LogP contribution in [0, 0.1) is 57.6 Å². The first-order valence-electron chi connectivity index (χ1n) is 24.9. The summed E-state index contributed by atoms with van der Waals surface area (Å²) in [5.41, 5.74) is 13.5. The molecule has 420 valence electrons. The van der Waals surface area contributed by atoms with Crippen LogP contribution in [0.25, 0.3) is 0 Å². The van der Waals surface area contributed by atoms with Gasteiger partial charge in [0.2, 0.25) is 35.4 Å². The lowest BCUT2D eigenvalue weighted by Gasteiger charge is -2.29. The highest BCUT2D eigenvalue weighted by molar-refractivity contribution is 6.08. The van der Waals surface area contributed by atoms with Gasteiger partial charge in [0.25, 0.3) is 6.47 Å². The maximum absolute atomic E-state index is 14.4. The molecule has 6 aliphatic rings. The summed E-state index contributed by atoms with van der Waals surface area (Å²) in [6.07, 6.45) is 3.12. The van der Waals surface area contributed by atoms with Crippen LogP contribution in [0.15, 0.2) is 36.6 Å². The molecule has 4 saturated heterocycles. The second kappa shape index (κ2) is 24.0. The zero-order chi connectivity index (χ0) is 56.9. The number of carbonyl (C=O) groups excluding carboxylic acids is 8. The number of likely N-dealkylation sites (tertiary alicyclic amines) is 4. The minimum Gasteiger partial charge on any atom is -0.478 e. The summed E-state index contributed by atoms with van der Waals surface area (Å²) in [5.74, 6) is -10.3. The number of halogens is 6. The first-order chi connectivity index (χ1) is 36.1. The molecule has 6 fully saturated rings. The van der Waals surface area contributed by atoms with Crippen molar-refractivity contribution in [1.82, 2.24) is 24.9 Å². The summed E-state index contributed by atoms with van der Waals surface area (Å²) >= 11 is 0. The molecule has 2 aromatic carbocycles. The van der Waals surface area contributed by atoms with Gasteiger partial charge in [0.15, 0.2) is 23.3 Å². The molecule has 0 bridgehead atoms. The second-order valence-electron chi connectivity index (χ2n) is 21.2. The van der Waals surface area contributed by atoms with E-state index in [0.717, 1.165) is 18.7 Å². The normalized spacial score (nSPS) is 22.1. The summed E-state index contributed by atoms with van der Waals surface area (Å²) in [7, 11) is 0. The van der Waals surface area contributed by atoms with Crippen LogP contribution in [0.4, 0.5) is 31.1 Å². The Hall–Kier alpha value is -7.25. The lowest BCUT2D eigenvalue weighted by Crippen LogP contribution is -2.47. The van der Waals surface area contributed by atoms with E-state index in [2.05, 4.69) is 10.1 Å². The Bertz CT molecular complexity index is 2680. The monoisotopic (exact) mass is 1090 g/mol. The Morgan fingerprint density at radius 3 is 1.52 bits per heavy atom. The Labute approximate surface area is 438 Å². The largest absolute Gasteiger partial charge is 0.478 e. The number of carbonyl (C=O) groups is 9. The summed E-state index contributed by atoms with van der Waals surface area (Å²) in [6.45, 7) is 7.59. The average molecular weight is 1090 g/mol. The van der Waals surface area contributed by atoms with Crippen LogP contribution >= 0.6 is 0 Å². The molecule has 0 unspecified atom stereocenters. The number of benzene rings is 2. The Kier molecular flexibility index (Phi) is 18.4. The number of ether oxygens (including phenoxy) is 2. The number of hydrogen-bond donors (Lipinski definition) is 5. The van der Waals surface area contributed by atoms with E-state index < -0.39 is 87.3 Å². The standard InChI is InChI=1S/C26H33F3N4O5.C21H25F3N4O3.C4H4O4/c1-25(2,3)38-24(37)31-16(8-15-9-18(28)19(29)11-17(15)27)10-21(34)33-7-4-14-12-32(13-20(14)33)23(36)26(5-6-26)22(30)35;22-14-8-16(24)15(23)6-12(14)5-13(25)7-18(29)28-4-1-11-9-27(10-17(11)28)20(31)21(2-3-21)19(26)30;5-3-8-2-1-4(6)7/h9,11,14,16,20H,4-8,10,12-13H2,1-3H3,(H2,30,35)(H,31,37);6,8,11,13,17H,1-5,7,9-10,25H2,(H2,26,30);1-3H,(H,6,7)/b;;2-1+/t14-,16+,20+;11-,13+,17+;/m00./s1. The number of primary amides is 2. The molecule has 0 spiro atoms. The number of nitrogens with one attached hydrogen (secondary N) is 1. The molecule has 4 aliphatic heterocycles. The van der Waals surface area contributed by atoms with Gasteiger partial charge in [-0.2, -0.15) is 0 Å². The first kappa shape index (κ1) is 59.0. The molecule has 6 atom stereocenters. The van der Waals surface area contributed by atoms with E-state index >= 15 is 0 Å². The highest BCUT2D eigenvalue weighted by Gasteiger charge is 2.60. The van der Waals surface area contributed by atoms with Crippen LogP contribution in [0.3, 0.4) is 0 Å². The van der Waals surface area contributed by atoms with Crippen LogP contribution in [0.1, 0.15) is 83.3 Å². The number of nitrogens with two attached hydrogens (primary N) is 3. The number of rotatable bonds is 16. The average Bonchev–Trinajstić information content (AvgIpc) is 4.15. The molecular weight excluding hydrogens is 1030 g/mol. The van der Waals surface area contributed by atoms with Crippen molar-refractivity contribution in [2.75, 3.05) is 39.3 Å². The molecule has 26 heteroatoms. The zero-order valence-corrected chi connectivity index (χ0v) is 42.5. The van der Waals surface area contributed by atoms with E-state index in [4.69, 9.17) is 27.0 Å². The van der Waals surface area contributed by atoms with Gasteiger partial charge in [-0.1, -0.05) is 0 Å². The summed E-state index contributed by atoms with van der Waals surface area (Å²) in [6, 6.07) is 0.183. The molecule has 7 amide bonds. The van der Waals surface area contributed by atoms with Crippen LogP contribution in [-0.4, -0.2) is 148 Å². The van der Waals surface area contributed by atoms with E-state index in [-0.39, 0.29) is 97.4 Å². The number of fused-ring (bicyclic) bond motifs is 2. The third-order valence-corrected chi connectivity index (χ3v) is 14.6. The van der Waals surface area contributed by atoms with E-state index in [1.165, 1.54) is 0 Å². The fourth-order valence-corrected chi connectivity index (χ4v) is 10.4. The van der Waals surface area contributed by atoms with Crippen LogP contribution in [0.2, 0.25) is 0 Å². The quantitative estimate of drug-likeness (QED) is 0.0404. The molecular formula is C51H62F6N8O12. The van der Waals surface area contributed by atoms with Gasteiger partial charge in [0.1, 0.15) is 34.3 Å². The lowest BCUT2D eigenvalue weighted by molar-refractivity contribution is -0.144. The minimum atomic E-state index is -1.34. The third kappa shape index (κ3) is 14.2. The molecule has 0 aromatic heterocycles.